The number of hydrogen-bond acceptors (Lipinski definition) is 5. The molecule has 4 nitrogen and oxygen atoms in total. The van der Waals surface area contributed by atoms with Crippen LogP contribution in [0.25, 0.3) is 0 Å². The Balaban J connectivity index is 1.93. The van der Waals surface area contributed by atoms with Crippen molar-refractivity contribution in [2.24, 2.45) is 5.84 Å². The van der Waals surface area contributed by atoms with Crippen LogP contribution in [0, 0.1) is 0 Å². The fraction of sp³-hybridized carbons (Fsp3) is 0.545. The van der Waals surface area contributed by atoms with Gasteiger partial charge in [0.25, 0.3) is 0 Å². The average Bonchev–Trinajstić information content (AvgIpc) is 2.29. The highest BCUT2D eigenvalue weighted by Crippen LogP contribution is 2.42. The molecule has 1 aliphatic rings. The van der Waals surface area contributed by atoms with Gasteiger partial charge in [-0.05, 0) is 31.2 Å². The minimum Gasteiger partial charge on any atom is -0.369 e. The monoisotopic (exact) mass is 238 g/mol. The SMILES string of the molecule is CSC1(CNc2cccc(NN)n2)CCC1. The lowest BCUT2D eigenvalue weighted by atomic mass is 9.84. The zero-order chi connectivity index (χ0) is 11.4. The molecule has 0 atom stereocenters. The van der Waals surface area contributed by atoms with Crippen molar-refractivity contribution in [3.63, 3.8) is 0 Å². The molecule has 0 aromatic carbocycles. The highest BCUT2D eigenvalue weighted by Gasteiger charge is 2.35. The van der Waals surface area contributed by atoms with Crippen molar-refractivity contribution < 1.29 is 0 Å². The number of nitrogens with one attached hydrogen (secondary N) is 2. The third kappa shape index (κ3) is 2.41. The summed E-state index contributed by atoms with van der Waals surface area (Å²) in [5.41, 5.74) is 2.55. The van der Waals surface area contributed by atoms with Crippen molar-refractivity contribution in [1.29, 1.82) is 0 Å². The predicted octanol–water partition coefficient (Wildman–Crippen LogP) is 2.06. The molecule has 0 spiro atoms. The van der Waals surface area contributed by atoms with Crippen LogP contribution < -0.4 is 16.6 Å². The highest BCUT2D eigenvalue weighted by molar-refractivity contribution is 8.00. The molecule has 0 radical (unpaired) electrons. The summed E-state index contributed by atoms with van der Waals surface area (Å²) in [6.45, 7) is 0.981. The summed E-state index contributed by atoms with van der Waals surface area (Å²) in [4.78, 5) is 4.33. The van der Waals surface area contributed by atoms with Gasteiger partial charge in [-0.15, -0.1) is 0 Å². The van der Waals surface area contributed by atoms with E-state index < -0.39 is 0 Å². The molecule has 0 amide bonds. The number of rotatable bonds is 5. The van der Waals surface area contributed by atoms with E-state index >= 15 is 0 Å². The molecular weight excluding hydrogens is 220 g/mol. The summed E-state index contributed by atoms with van der Waals surface area (Å²) in [5.74, 6) is 6.90. The molecule has 0 unspecified atom stereocenters. The van der Waals surface area contributed by atoms with Gasteiger partial charge < -0.3 is 10.7 Å². The molecule has 1 heterocycles. The summed E-state index contributed by atoms with van der Waals surface area (Å²) in [5, 5.41) is 3.39. The van der Waals surface area contributed by atoms with Crippen molar-refractivity contribution >= 4 is 23.4 Å². The Hall–Kier alpha value is -0.940. The lowest BCUT2D eigenvalue weighted by Gasteiger charge is -2.40. The van der Waals surface area contributed by atoms with E-state index in [0.29, 0.717) is 10.6 Å². The topological polar surface area (TPSA) is 63.0 Å². The number of pyridine rings is 1. The average molecular weight is 238 g/mol. The van der Waals surface area contributed by atoms with Crippen molar-refractivity contribution in [3.8, 4) is 0 Å². The van der Waals surface area contributed by atoms with Gasteiger partial charge in [0.2, 0.25) is 0 Å². The van der Waals surface area contributed by atoms with Crippen molar-refractivity contribution in [1.82, 2.24) is 4.98 Å². The van der Waals surface area contributed by atoms with Crippen LogP contribution in [0.1, 0.15) is 19.3 Å². The van der Waals surface area contributed by atoms with Gasteiger partial charge in [-0.25, -0.2) is 10.8 Å². The first-order chi connectivity index (χ1) is 7.78. The molecule has 88 valence electrons. The van der Waals surface area contributed by atoms with Crippen LogP contribution in [0.2, 0.25) is 0 Å². The van der Waals surface area contributed by atoms with E-state index in [-0.39, 0.29) is 0 Å². The molecule has 0 aliphatic heterocycles. The fourth-order valence-electron chi connectivity index (χ4n) is 1.89. The number of aromatic nitrogens is 1. The van der Waals surface area contributed by atoms with E-state index in [1.165, 1.54) is 19.3 Å². The zero-order valence-corrected chi connectivity index (χ0v) is 10.3. The molecular formula is C11H18N4S. The van der Waals surface area contributed by atoms with Crippen molar-refractivity contribution in [2.45, 2.75) is 24.0 Å². The number of nitrogen functional groups attached to an aromatic ring is 1. The number of nitrogens with zero attached hydrogens (tertiary/aromatic N) is 1. The van der Waals surface area contributed by atoms with Gasteiger partial charge in [-0.3, -0.25) is 0 Å². The molecule has 5 heteroatoms. The lowest BCUT2D eigenvalue weighted by molar-refractivity contribution is 0.379. The predicted molar refractivity (Wildman–Crippen MR) is 70.6 cm³/mol. The van der Waals surface area contributed by atoms with Gasteiger partial charge in [0.15, 0.2) is 0 Å². The maximum atomic E-state index is 5.32. The van der Waals surface area contributed by atoms with Crippen LogP contribution >= 0.6 is 11.8 Å². The van der Waals surface area contributed by atoms with Crippen LogP contribution in [0.4, 0.5) is 11.6 Å². The summed E-state index contributed by atoms with van der Waals surface area (Å²) in [6.07, 6.45) is 6.14. The number of anilines is 2. The number of nitrogens with two attached hydrogens (primary N) is 1. The minimum absolute atomic E-state index is 0.424. The third-order valence-electron chi connectivity index (χ3n) is 3.19. The minimum atomic E-state index is 0.424. The molecule has 1 aromatic heterocycles. The van der Waals surface area contributed by atoms with Crippen LogP contribution in [0.3, 0.4) is 0 Å². The first kappa shape index (κ1) is 11.5. The summed E-state index contributed by atoms with van der Waals surface area (Å²) < 4.78 is 0.424. The fourth-order valence-corrected chi connectivity index (χ4v) is 2.80. The molecule has 2 rings (SSSR count). The first-order valence-corrected chi connectivity index (χ1v) is 6.73. The molecule has 0 saturated heterocycles. The largest absolute Gasteiger partial charge is 0.369 e. The normalized spacial score (nSPS) is 17.6. The van der Waals surface area contributed by atoms with E-state index in [0.717, 1.165) is 12.4 Å². The molecule has 4 N–H and O–H groups in total. The second-order valence-electron chi connectivity index (χ2n) is 4.15. The number of hydrogen-bond donors (Lipinski definition) is 3. The Morgan fingerprint density at radius 1 is 1.44 bits per heavy atom. The Kier molecular flexibility index (Phi) is 3.56. The van der Waals surface area contributed by atoms with E-state index in [9.17, 15) is 0 Å². The van der Waals surface area contributed by atoms with Crippen LogP contribution in [-0.4, -0.2) is 22.5 Å². The second kappa shape index (κ2) is 4.93. The van der Waals surface area contributed by atoms with Crippen molar-refractivity contribution in [2.75, 3.05) is 23.5 Å². The standard InChI is InChI=1S/C11H18N4S/c1-16-11(6-3-7-11)8-13-9-4-2-5-10(14-9)15-12/h2,4-5H,3,6-8,12H2,1H3,(H2,13,14,15). The number of thioether (sulfide) groups is 1. The maximum absolute atomic E-state index is 5.32. The quantitative estimate of drug-likeness (QED) is 0.541. The second-order valence-corrected chi connectivity index (χ2v) is 5.42. The Morgan fingerprint density at radius 2 is 2.19 bits per heavy atom. The molecule has 1 fully saturated rings. The van der Waals surface area contributed by atoms with Gasteiger partial charge in [0.05, 0.1) is 0 Å². The van der Waals surface area contributed by atoms with E-state index in [2.05, 4.69) is 22.0 Å². The smallest absolute Gasteiger partial charge is 0.142 e. The molecule has 1 aromatic rings. The molecule has 16 heavy (non-hydrogen) atoms. The first-order valence-electron chi connectivity index (χ1n) is 5.51. The van der Waals surface area contributed by atoms with E-state index in [1.54, 1.807) is 0 Å². The summed E-state index contributed by atoms with van der Waals surface area (Å²) >= 11 is 1.96. The Labute approximate surface area is 100 Å². The van der Waals surface area contributed by atoms with E-state index in [4.69, 9.17) is 5.84 Å². The summed E-state index contributed by atoms with van der Waals surface area (Å²) in [7, 11) is 0. The van der Waals surface area contributed by atoms with Gasteiger partial charge in [0.1, 0.15) is 11.6 Å². The molecule has 1 saturated carbocycles. The zero-order valence-electron chi connectivity index (χ0n) is 9.49. The molecule has 0 bridgehead atoms. The molecule has 1 aliphatic carbocycles. The van der Waals surface area contributed by atoms with Crippen LogP contribution in [0.5, 0.6) is 0 Å². The van der Waals surface area contributed by atoms with E-state index in [1.807, 2.05) is 30.0 Å². The van der Waals surface area contributed by atoms with Gasteiger partial charge in [-0.2, -0.15) is 11.8 Å². The van der Waals surface area contributed by atoms with Crippen LogP contribution in [0.15, 0.2) is 18.2 Å². The van der Waals surface area contributed by atoms with Crippen molar-refractivity contribution in [3.05, 3.63) is 18.2 Å². The summed E-state index contributed by atoms with van der Waals surface area (Å²) in [6, 6.07) is 5.75. The van der Waals surface area contributed by atoms with Gasteiger partial charge in [0, 0.05) is 11.3 Å². The number of hydrazine groups is 1. The lowest BCUT2D eigenvalue weighted by Crippen LogP contribution is -2.40. The third-order valence-corrected chi connectivity index (χ3v) is 4.61. The van der Waals surface area contributed by atoms with Gasteiger partial charge >= 0.3 is 0 Å². The Bertz CT molecular complexity index is 346. The highest BCUT2D eigenvalue weighted by atomic mass is 32.2. The maximum Gasteiger partial charge on any atom is 0.142 e. The van der Waals surface area contributed by atoms with Crippen LogP contribution in [-0.2, 0) is 0 Å². The Morgan fingerprint density at radius 3 is 2.75 bits per heavy atom. The van der Waals surface area contributed by atoms with Gasteiger partial charge in [-0.1, -0.05) is 12.5 Å².